The maximum Gasteiger partial charge on any atom is 0.265 e. The summed E-state index contributed by atoms with van der Waals surface area (Å²) in [5.74, 6) is 1.27. The van der Waals surface area contributed by atoms with Crippen LogP contribution in [0.2, 0.25) is 0 Å². The second-order valence-electron chi connectivity index (χ2n) is 7.13. The monoisotopic (exact) mass is 403 g/mol. The van der Waals surface area contributed by atoms with Gasteiger partial charge in [-0.3, -0.25) is 14.3 Å². The van der Waals surface area contributed by atoms with Crippen LogP contribution in [0.4, 0.5) is 0 Å². The summed E-state index contributed by atoms with van der Waals surface area (Å²) in [5, 5.41) is 5.19. The number of benzene rings is 1. The normalized spacial score (nSPS) is 11.2. The molecule has 0 unspecified atom stereocenters. The molecule has 0 bridgehead atoms. The van der Waals surface area contributed by atoms with E-state index in [1.165, 1.54) is 0 Å². The number of ether oxygens (including phenoxy) is 1. The molecule has 4 aromatic rings. The number of aromatic nitrogens is 5. The standard InChI is InChI=1S/C23H25N5O2/c1-4-14-28-22-19(20(26-28)17-11-8-9-13-24-17)23(29)27(3)21(25-22)16-10-6-7-12-18(16)30-15-5-2/h6-13H,4-5,14-15H2,1-3H3. The molecule has 0 atom stereocenters. The Morgan fingerprint density at radius 1 is 1.03 bits per heavy atom. The van der Waals surface area contributed by atoms with E-state index in [0.717, 1.165) is 18.4 Å². The average molecular weight is 403 g/mol. The Hall–Kier alpha value is -3.48. The fraction of sp³-hybridized carbons (Fsp3) is 0.304. The predicted molar refractivity (Wildman–Crippen MR) is 118 cm³/mol. The zero-order valence-electron chi connectivity index (χ0n) is 17.5. The van der Waals surface area contributed by atoms with Crippen LogP contribution in [0.3, 0.4) is 0 Å². The molecule has 3 aromatic heterocycles. The van der Waals surface area contributed by atoms with Gasteiger partial charge < -0.3 is 4.74 Å². The number of para-hydroxylation sites is 1. The fourth-order valence-electron chi connectivity index (χ4n) is 3.48. The number of hydrogen-bond acceptors (Lipinski definition) is 5. The highest BCUT2D eigenvalue weighted by molar-refractivity contribution is 5.90. The van der Waals surface area contributed by atoms with Gasteiger partial charge in [0.1, 0.15) is 22.7 Å². The van der Waals surface area contributed by atoms with E-state index in [-0.39, 0.29) is 5.56 Å². The maximum atomic E-state index is 13.5. The molecule has 154 valence electrons. The van der Waals surface area contributed by atoms with Crippen molar-refractivity contribution in [3.63, 3.8) is 0 Å². The lowest BCUT2D eigenvalue weighted by Crippen LogP contribution is -2.21. The molecule has 0 fully saturated rings. The van der Waals surface area contributed by atoms with Gasteiger partial charge in [-0.25, -0.2) is 9.67 Å². The average Bonchev–Trinajstić information content (AvgIpc) is 3.14. The van der Waals surface area contributed by atoms with E-state index in [9.17, 15) is 4.79 Å². The van der Waals surface area contributed by atoms with E-state index in [2.05, 4.69) is 18.8 Å². The molecule has 0 amide bonds. The lowest BCUT2D eigenvalue weighted by molar-refractivity contribution is 0.318. The molecular weight excluding hydrogens is 378 g/mol. The third kappa shape index (κ3) is 3.47. The van der Waals surface area contributed by atoms with Crippen LogP contribution in [0.15, 0.2) is 53.5 Å². The van der Waals surface area contributed by atoms with Gasteiger partial charge in [-0.2, -0.15) is 5.10 Å². The Morgan fingerprint density at radius 2 is 1.83 bits per heavy atom. The first kappa shape index (κ1) is 19.8. The minimum Gasteiger partial charge on any atom is -0.493 e. The smallest absolute Gasteiger partial charge is 0.265 e. The zero-order chi connectivity index (χ0) is 21.1. The first-order chi connectivity index (χ1) is 14.7. The summed E-state index contributed by atoms with van der Waals surface area (Å²) < 4.78 is 9.29. The van der Waals surface area contributed by atoms with Crippen LogP contribution in [0.5, 0.6) is 5.75 Å². The SMILES string of the molecule is CCCOc1ccccc1-c1nc2c(c(-c3ccccn3)nn2CCC)c(=O)n1C. The van der Waals surface area contributed by atoms with Crippen molar-refractivity contribution in [3.05, 3.63) is 59.0 Å². The number of hydrogen-bond donors (Lipinski definition) is 0. The molecule has 4 rings (SSSR count). The van der Waals surface area contributed by atoms with Crippen molar-refractivity contribution < 1.29 is 4.74 Å². The molecule has 0 aliphatic rings. The summed E-state index contributed by atoms with van der Waals surface area (Å²) in [6.45, 7) is 5.40. The van der Waals surface area contributed by atoms with Crippen molar-refractivity contribution in [1.29, 1.82) is 0 Å². The first-order valence-corrected chi connectivity index (χ1v) is 10.3. The highest BCUT2D eigenvalue weighted by Gasteiger charge is 2.22. The van der Waals surface area contributed by atoms with Crippen LogP contribution < -0.4 is 10.3 Å². The molecule has 0 spiro atoms. The molecule has 1 aromatic carbocycles. The summed E-state index contributed by atoms with van der Waals surface area (Å²) in [4.78, 5) is 22.8. The van der Waals surface area contributed by atoms with Crippen LogP contribution in [-0.4, -0.2) is 30.9 Å². The van der Waals surface area contributed by atoms with E-state index < -0.39 is 0 Å². The molecule has 30 heavy (non-hydrogen) atoms. The van der Waals surface area contributed by atoms with Crippen LogP contribution in [0, 0.1) is 0 Å². The highest BCUT2D eigenvalue weighted by atomic mass is 16.5. The molecule has 3 heterocycles. The molecule has 0 aliphatic heterocycles. The summed E-state index contributed by atoms with van der Waals surface area (Å²) >= 11 is 0. The van der Waals surface area contributed by atoms with Gasteiger partial charge in [0.2, 0.25) is 0 Å². The number of nitrogens with zero attached hydrogens (tertiary/aromatic N) is 5. The summed E-state index contributed by atoms with van der Waals surface area (Å²) in [6.07, 6.45) is 3.48. The fourth-order valence-corrected chi connectivity index (χ4v) is 3.48. The Bertz CT molecular complexity index is 1230. The van der Waals surface area contributed by atoms with Crippen molar-refractivity contribution in [2.24, 2.45) is 7.05 Å². The molecule has 0 saturated carbocycles. The third-order valence-corrected chi connectivity index (χ3v) is 4.91. The van der Waals surface area contributed by atoms with Gasteiger partial charge in [0, 0.05) is 19.8 Å². The van der Waals surface area contributed by atoms with E-state index in [4.69, 9.17) is 14.8 Å². The van der Waals surface area contributed by atoms with Crippen LogP contribution >= 0.6 is 0 Å². The Labute approximate surface area is 175 Å². The van der Waals surface area contributed by atoms with Gasteiger partial charge in [0.05, 0.1) is 17.9 Å². The molecule has 0 aliphatic carbocycles. The van der Waals surface area contributed by atoms with Crippen molar-refractivity contribution in [1.82, 2.24) is 24.3 Å². The topological polar surface area (TPSA) is 74.8 Å². The molecule has 0 radical (unpaired) electrons. The molecular formula is C23H25N5O2. The van der Waals surface area contributed by atoms with Gasteiger partial charge in [-0.15, -0.1) is 0 Å². The number of aryl methyl sites for hydroxylation is 1. The Balaban J connectivity index is 1.99. The quantitative estimate of drug-likeness (QED) is 0.465. The third-order valence-electron chi connectivity index (χ3n) is 4.91. The minimum atomic E-state index is -0.150. The van der Waals surface area contributed by atoms with Crippen molar-refractivity contribution in [2.75, 3.05) is 6.61 Å². The van der Waals surface area contributed by atoms with Crippen molar-refractivity contribution >= 4 is 11.0 Å². The molecule has 7 heteroatoms. The summed E-state index contributed by atoms with van der Waals surface area (Å²) in [5.41, 5.74) is 2.44. The van der Waals surface area contributed by atoms with Crippen LogP contribution in [-0.2, 0) is 13.6 Å². The van der Waals surface area contributed by atoms with Crippen molar-refractivity contribution in [3.8, 4) is 28.5 Å². The Morgan fingerprint density at radius 3 is 2.57 bits per heavy atom. The zero-order valence-corrected chi connectivity index (χ0v) is 17.5. The van der Waals surface area contributed by atoms with Gasteiger partial charge in [-0.1, -0.05) is 32.0 Å². The Kier molecular flexibility index (Phi) is 5.61. The van der Waals surface area contributed by atoms with Gasteiger partial charge >= 0.3 is 0 Å². The summed E-state index contributed by atoms with van der Waals surface area (Å²) in [6, 6.07) is 13.3. The summed E-state index contributed by atoms with van der Waals surface area (Å²) in [7, 11) is 1.74. The van der Waals surface area contributed by atoms with Gasteiger partial charge in [-0.05, 0) is 37.1 Å². The second-order valence-corrected chi connectivity index (χ2v) is 7.13. The van der Waals surface area contributed by atoms with E-state index in [0.29, 0.717) is 47.1 Å². The number of fused-ring (bicyclic) bond motifs is 1. The molecule has 0 N–H and O–H groups in total. The van der Waals surface area contributed by atoms with Crippen LogP contribution in [0.25, 0.3) is 33.8 Å². The predicted octanol–water partition coefficient (Wildman–Crippen LogP) is 4.06. The lowest BCUT2D eigenvalue weighted by atomic mass is 10.1. The van der Waals surface area contributed by atoms with E-state index >= 15 is 0 Å². The van der Waals surface area contributed by atoms with E-state index in [1.54, 1.807) is 22.5 Å². The number of pyridine rings is 1. The van der Waals surface area contributed by atoms with Crippen molar-refractivity contribution in [2.45, 2.75) is 33.2 Å². The maximum absolute atomic E-state index is 13.5. The largest absolute Gasteiger partial charge is 0.493 e. The van der Waals surface area contributed by atoms with Crippen LogP contribution in [0.1, 0.15) is 26.7 Å². The second kappa shape index (κ2) is 8.49. The lowest BCUT2D eigenvalue weighted by Gasteiger charge is -2.13. The van der Waals surface area contributed by atoms with Gasteiger partial charge in [0.15, 0.2) is 5.65 Å². The highest BCUT2D eigenvalue weighted by Crippen LogP contribution is 2.30. The first-order valence-electron chi connectivity index (χ1n) is 10.3. The number of rotatable bonds is 7. The minimum absolute atomic E-state index is 0.150. The molecule has 7 nitrogen and oxygen atoms in total. The van der Waals surface area contributed by atoms with Gasteiger partial charge in [0.25, 0.3) is 5.56 Å². The van der Waals surface area contributed by atoms with E-state index in [1.807, 2.05) is 42.5 Å². The molecule has 0 saturated heterocycles.